The van der Waals surface area contributed by atoms with Crippen molar-refractivity contribution >= 4 is 23.4 Å². The Kier molecular flexibility index (Phi) is 5.42. The van der Waals surface area contributed by atoms with E-state index in [-0.39, 0.29) is 5.82 Å². The molecule has 0 atom stereocenters. The Morgan fingerprint density at radius 3 is 2.81 bits per heavy atom. The number of benzene rings is 1. The zero-order valence-corrected chi connectivity index (χ0v) is 13.6. The molecule has 0 N–H and O–H groups in total. The van der Waals surface area contributed by atoms with Crippen molar-refractivity contribution in [2.24, 2.45) is 0 Å². The maximum absolute atomic E-state index is 13.0. The number of nitrogens with zero attached hydrogens (tertiary/aromatic N) is 3. The molecule has 0 spiro atoms. The van der Waals surface area contributed by atoms with Gasteiger partial charge in [0.2, 0.25) is 0 Å². The van der Waals surface area contributed by atoms with Crippen LogP contribution in [0.3, 0.4) is 0 Å². The van der Waals surface area contributed by atoms with Crippen molar-refractivity contribution in [2.75, 3.05) is 0 Å². The molecule has 112 valence electrons. The number of halogens is 2. The fourth-order valence-corrected chi connectivity index (χ4v) is 3.19. The minimum atomic E-state index is -0.328. The van der Waals surface area contributed by atoms with Gasteiger partial charge in [-0.3, -0.25) is 0 Å². The first-order valence-electron chi connectivity index (χ1n) is 6.63. The van der Waals surface area contributed by atoms with Crippen LogP contribution < -0.4 is 0 Å². The lowest BCUT2D eigenvalue weighted by Gasteiger charge is -2.10. The standard InChI is InChI=1S/C15H17ClFN3S/c1-4-7-20-14(10(2)3)18-19-15(20)21-9-11-5-6-12(17)8-13(11)16/h4-6,8,10H,1,7,9H2,2-3H3. The SMILES string of the molecule is C=CCn1c(SCc2ccc(F)cc2Cl)nnc1C(C)C. The van der Waals surface area contributed by atoms with Gasteiger partial charge in [-0.2, -0.15) is 0 Å². The molecule has 0 unspecified atom stereocenters. The molecule has 1 aromatic heterocycles. The van der Waals surface area contributed by atoms with Crippen molar-refractivity contribution in [3.63, 3.8) is 0 Å². The molecule has 0 bridgehead atoms. The van der Waals surface area contributed by atoms with E-state index in [9.17, 15) is 4.39 Å². The first-order valence-corrected chi connectivity index (χ1v) is 8.00. The fraction of sp³-hybridized carbons (Fsp3) is 0.333. The largest absolute Gasteiger partial charge is 0.302 e. The van der Waals surface area contributed by atoms with Gasteiger partial charge in [-0.1, -0.05) is 49.4 Å². The molecule has 1 heterocycles. The van der Waals surface area contributed by atoms with Crippen molar-refractivity contribution < 1.29 is 4.39 Å². The van der Waals surface area contributed by atoms with Gasteiger partial charge in [-0.15, -0.1) is 16.8 Å². The lowest BCUT2D eigenvalue weighted by atomic mass is 10.2. The van der Waals surface area contributed by atoms with E-state index in [1.165, 1.54) is 23.9 Å². The molecule has 0 fully saturated rings. The summed E-state index contributed by atoms with van der Waals surface area (Å²) in [6.07, 6.45) is 1.82. The molecule has 2 aromatic rings. The average Bonchev–Trinajstić information content (AvgIpc) is 2.81. The third-order valence-corrected chi connectivity index (χ3v) is 4.31. The summed E-state index contributed by atoms with van der Waals surface area (Å²) in [5.74, 6) is 1.52. The zero-order chi connectivity index (χ0) is 15.4. The topological polar surface area (TPSA) is 30.7 Å². The Morgan fingerprint density at radius 1 is 1.43 bits per heavy atom. The molecule has 1 aromatic carbocycles. The Labute approximate surface area is 133 Å². The van der Waals surface area contributed by atoms with Crippen LogP contribution in [0.5, 0.6) is 0 Å². The van der Waals surface area contributed by atoms with Gasteiger partial charge >= 0.3 is 0 Å². The van der Waals surface area contributed by atoms with Crippen LogP contribution in [-0.4, -0.2) is 14.8 Å². The number of aromatic nitrogens is 3. The molecule has 0 amide bonds. The highest BCUT2D eigenvalue weighted by molar-refractivity contribution is 7.98. The van der Waals surface area contributed by atoms with Crippen molar-refractivity contribution in [1.29, 1.82) is 0 Å². The highest BCUT2D eigenvalue weighted by atomic mass is 35.5. The maximum Gasteiger partial charge on any atom is 0.191 e. The first kappa shape index (κ1) is 16.0. The summed E-state index contributed by atoms with van der Waals surface area (Å²) in [6, 6.07) is 4.43. The first-order chi connectivity index (χ1) is 10.0. The van der Waals surface area contributed by atoms with Crippen LogP contribution in [0.4, 0.5) is 4.39 Å². The van der Waals surface area contributed by atoms with Gasteiger partial charge in [-0.05, 0) is 17.7 Å². The molecular weight excluding hydrogens is 309 g/mol. The highest BCUT2D eigenvalue weighted by Crippen LogP contribution is 2.28. The van der Waals surface area contributed by atoms with Crippen molar-refractivity contribution in [3.05, 3.63) is 53.1 Å². The Bertz CT molecular complexity index is 640. The van der Waals surface area contributed by atoms with E-state index >= 15 is 0 Å². The monoisotopic (exact) mass is 325 g/mol. The van der Waals surface area contributed by atoms with E-state index in [0.717, 1.165) is 16.5 Å². The smallest absolute Gasteiger partial charge is 0.191 e. The Morgan fingerprint density at radius 2 is 2.19 bits per heavy atom. The van der Waals surface area contributed by atoms with Crippen LogP contribution in [0.25, 0.3) is 0 Å². The normalized spacial score (nSPS) is 11.1. The van der Waals surface area contributed by atoms with Crippen LogP contribution >= 0.6 is 23.4 Å². The van der Waals surface area contributed by atoms with Crippen LogP contribution in [-0.2, 0) is 12.3 Å². The predicted octanol–water partition coefficient (Wildman–Crippen LogP) is 4.67. The summed E-state index contributed by atoms with van der Waals surface area (Å²) >= 11 is 7.57. The van der Waals surface area contributed by atoms with Crippen molar-refractivity contribution in [1.82, 2.24) is 14.8 Å². The van der Waals surface area contributed by atoms with Gasteiger partial charge in [0, 0.05) is 23.2 Å². The minimum absolute atomic E-state index is 0.293. The molecule has 0 aliphatic carbocycles. The van der Waals surface area contributed by atoms with E-state index in [2.05, 4.69) is 30.6 Å². The van der Waals surface area contributed by atoms with E-state index in [1.807, 2.05) is 10.6 Å². The van der Waals surface area contributed by atoms with Crippen LogP contribution in [0, 0.1) is 5.82 Å². The minimum Gasteiger partial charge on any atom is -0.302 e. The second kappa shape index (κ2) is 7.09. The Hall–Kier alpha value is -1.33. The molecular formula is C15H17ClFN3S. The van der Waals surface area contributed by atoms with E-state index < -0.39 is 0 Å². The van der Waals surface area contributed by atoms with E-state index in [4.69, 9.17) is 11.6 Å². The summed E-state index contributed by atoms with van der Waals surface area (Å²) < 4.78 is 15.1. The molecule has 3 nitrogen and oxygen atoms in total. The molecule has 0 saturated heterocycles. The fourth-order valence-electron chi connectivity index (χ4n) is 1.92. The zero-order valence-electron chi connectivity index (χ0n) is 12.0. The number of rotatable bonds is 6. The summed E-state index contributed by atoms with van der Waals surface area (Å²) in [6.45, 7) is 8.59. The van der Waals surface area contributed by atoms with Crippen molar-refractivity contribution in [2.45, 2.75) is 37.2 Å². The van der Waals surface area contributed by atoms with Crippen LogP contribution in [0.1, 0.15) is 31.2 Å². The lowest BCUT2D eigenvalue weighted by Crippen LogP contribution is -2.05. The van der Waals surface area contributed by atoms with Gasteiger partial charge in [-0.25, -0.2) is 4.39 Å². The quantitative estimate of drug-likeness (QED) is 0.571. The summed E-state index contributed by atoms with van der Waals surface area (Å²) in [7, 11) is 0. The van der Waals surface area contributed by atoms with Gasteiger partial charge < -0.3 is 4.57 Å². The molecule has 0 aliphatic rings. The predicted molar refractivity (Wildman–Crippen MR) is 85.3 cm³/mol. The lowest BCUT2D eigenvalue weighted by molar-refractivity contribution is 0.627. The number of allylic oxidation sites excluding steroid dienone is 1. The third kappa shape index (κ3) is 3.86. The summed E-state index contributed by atoms with van der Waals surface area (Å²) in [4.78, 5) is 0. The van der Waals surface area contributed by atoms with E-state index in [1.54, 1.807) is 6.07 Å². The third-order valence-electron chi connectivity index (χ3n) is 2.95. The van der Waals surface area contributed by atoms with Gasteiger partial charge in [0.05, 0.1) is 0 Å². The van der Waals surface area contributed by atoms with Crippen LogP contribution in [0.15, 0.2) is 36.0 Å². The van der Waals surface area contributed by atoms with Gasteiger partial charge in [0.25, 0.3) is 0 Å². The van der Waals surface area contributed by atoms with E-state index in [0.29, 0.717) is 23.2 Å². The molecule has 2 rings (SSSR count). The van der Waals surface area contributed by atoms with Gasteiger partial charge in [0.1, 0.15) is 11.6 Å². The number of thioether (sulfide) groups is 1. The summed E-state index contributed by atoms with van der Waals surface area (Å²) in [5.41, 5.74) is 0.877. The molecule has 0 aliphatic heterocycles. The molecule has 6 heteroatoms. The van der Waals surface area contributed by atoms with Crippen LogP contribution in [0.2, 0.25) is 5.02 Å². The Balaban J connectivity index is 2.17. The average molecular weight is 326 g/mol. The highest BCUT2D eigenvalue weighted by Gasteiger charge is 2.15. The molecule has 21 heavy (non-hydrogen) atoms. The van der Waals surface area contributed by atoms with Crippen molar-refractivity contribution in [3.8, 4) is 0 Å². The second-order valence-electron chi connectivity index (χ2n) is 4.92. The number of hydrogen-bond donors (Lipinski definition) is 0. The number of hydrogen-bond acceptors (Lipinski definition) is 3. The molecule has 0 radical (unpaired) electrons. The maximum atomic E-state index is 13.0. The van der Waals surface area contributed by atoms with Gasteiger partial charge in [0.15, 0.2) is 5.16 Å². The summed E-state index contributed by atoms with van der Waals surface area (Å²) in [5, 5.41) is 9.71. The molecule has 0 saturated carbocycles. The second-order valence-corrected chi connectivity index (χ2v) is 6.27.